The Morgan fingerprint density at radius 2 is 1.57 bits per heavy atom. The minimum absolute atomic E-state index is 0.248. The van der Waals surface area contributed by atoms with Gasteiger partial charge in [0.25, 0.3) is 0 Å². The molecule has 2 saturated heterocycles. The second-order valence-electron chi connectivity index (χ2n) is 14.7. The van der Waals surface area contributed by atoms with Crippen molar-refractivity contribution >= 4 is 28.2 Å². The van der Waals surface area contributed by atoms with Gasteiger partial charge in [-0.15, -0.1) is 0 Å². The molecule has 0 saturated carbocycles. The van der Waals surface area contributed by atoms with Gasteiger partial charge in [0.15, 0.2) is 5.60 Å². The SMILES string of the molecule is COc1cc2c3c(c4c(c2cc1N1CCC/C(=C/O)C1)-c1ccccc1C4(C)C)C=CC(c1ccccc1)(c1ccc(N2CCOCC2)cc1)O3. The van der Waals surface area contributed by atoms with Crippen LogP contribution in [-0.2, 0) is 15.8 Å². The van der Waals surface area contributed by atoms with Crippen molar-refractivity contribution in [2.45, 2.75) is 37.7 Å². The third-order valence-electron chi connectivity index (χ3n) is 11.6. The number of methoxy groups -OCH3 is 1. The van der Waals surface area contributed by atoms with E-state index in [1.807, 2.05) is 0 Å². The molecule has 6 heteroatoms. The van der Waals surface area contributed by atoms with E-state index in [0.29, 0.717) is 6.54 Å². The molecule has 0 aromatic heterocycles. The van der Waals surface area contributed by atoms with Gasteiger partial charge in [-0.3, -0.25) is 0 Å². The quantitative estimate of drug-likeness (QED) is 0.187. The molecule has 4 aliphatic rings. The average Bonchev–Trinajstić information content (AvgIpc) is 3.44. The van der Waals surface area contributed by atoms with Crippen molar-refractivity contribution in [2.75, 3.05) is 56.3 Å². The van der Waals surface area contributed by atoms with Crippen molar-refractivity contribution in [3.8, 4) is 22.6 Å². The van der Waals surface area contributed by atoms with E-state index in [2.05, 4.69) is 127 Å². The Labute approximate surface area is 300 Å². The van der Waals surface area contributed by atoms with Crippen molar-refractivity contribution in [1.82, 2.24) is 0 Å². The van der Waals surface area contributed by atoms with Crippen molar-refractivity contribution in [3.05, 3.63) is 137 Å². The predicted octanol–water partition coefficient (Wildman–Crippen LogP) is 9.38. The number of nitrogens with zero attached hydrogens (tertiary/aromatic N) is 2. The average molecular weight is 677 g/mol. The molecule has 0 spiro atoms. The third kappa shape index (κ3) is 4.95. The molecular weight excluding hydrogens is 633 g/mol. The molecule has 258 valence electrons. The Kier molecular flexibility index (Phi) is 7.62. The maximum absolute atomic E-state index is 9.95. The van der Waals surface area contributed by atoms with E-state index in [1.165, 1.54) is 34.2 Å². The van der Waals surface area contributed by atoms with Gasteiger partial charge in [-0.1, -0.05) is 86.7 Å². The molecule has 0 bridgehead atoms. The molecule has 5 aromatic carbocycles. The molecule has 0 amide bonds. The molecule has 51 heavy (non-hydrogen) atoms. The van der Waals surface area contributed by atoms with Crippen LogP contribution in [0.1, 0.15) is 54.5 Å². The standard InChI is InChI=1S/C45H44N2O4/c1-44(2)38-14-8-7-13-34(38)41-36-26-39(47-21-9-10-30(28-47)29-48)40(49-3)27-37(36)43-35(42(41)44)19-20-45(51-43,31-11-5-4-6-12-31)32-15-17-33(18-16-32)46-22-24-50-25-23-46/h4-8,11-20,26-27,29,48H,9-10,21-25,28H2,1-3H3/b30-29-. The Balaban J connectivity index is 1.29. The number of ether oxygens (including phenoxy) is 3. The summed E-state index contributed by atoms with van der Waals surface area (Å²) >= 11 is 0. The second kappa shape index (κ2) is 12.2. The smallest absolute Gasteiger partial charge is 0.178 e. The van der Waals surface area contributed by atoms with E-state index >= 15 is 0 Å². The van der Waals surface area contributed by atoms with Crippen LogP contribution in [0.3, 0.4) is 0 Å². The summed E-state index contributed by atoms with van der Waals surface area (Å²) in [6.45, 7) is 9.52. The summed E-state index contributed by atoms with van der Waals surface area (Å²) in [4.78, 5) is 4.73. The molecule has 2 fully saturated rings. The van der Waals surface area contributed by atoms with Crippen molar-refractivity contribution < 1.29 is 19.3 Å². The summed E-state index contributed by atoms with van der Waals surface area (Å²) in [5.41, 5.74) is 10.6. The maximum Gasteiger partial charge on any atom is 0.178 e. The summed E-state index contributed by atoms with van der Waals surface area (Å²) in [5, 5.41) is 12.1. The number of anilines is 2. The Hall–Kier alpha value is -5.20. The van der Waals surface area contributed by atoms with Gasteiger partial charge in [-0.05, 0) is 76.4 Å². The van der Waals surface area contributed by atoms with Crippen molar-refractivity contribution in [2.24, 2.45) is 0 Å². The van der Waals surface area contributed by atoms with Gasteiger partial charge < -0.3 is 29.1 Å². The summed E-state index contributed by atoms with van der Waals surface area (Å²) in [6, 6.07) is 32.8. The molecule has 0 radical (unpaired) electrons. The molecule has 1 aliphatic carbocycles. The first-order valence-electron chi connectivity index (χ1n) is 18.2. The lowest BCUT2D eigenvalue weighted by Gasteiger charge is -2.39. The van der Waals surface area contributed by atoms with Crippen LogP contribution in [0.5, 0.6) is 11.5 Å². The van der Waals surface area contributed by atoms with Crippen LogP contribution >= 0.6 is 0 Å². The van der Waals surface area contributed by atoms with Crippen molar-refractivity contribution in [3.63, 3.8) is 0 Å². The lowest BCUT2D eigenvalue weighted by atomic mass is 9.76. The Bertz CT molecular complexity index is 2200. The van der Waals surface area contributed by atoms with E-state index in [-0.39, 0.29) is 5.41 Å². The van der Waals surface area contributed by atoms with Crippen LogP contribution < -0.4 is 19.3 Å². The van der Waals surface area contributed by atoms with E-state index < -0.39 is 5.60 Å². The van der Waals surface area contributed by atoms with Gasteiger partial charge in [-0.25, -0.2) is 0 Å². The first kappa shape index (κ1) is 31.8. The normalized spacial score (nSPS) is 21.3. The zero-order valence-electron chi connectivity index (χ0n) is 29.6. The predicted molar refractivity (Wildman–Crippen MR) is 207 cm³/mol. The van der Waals surface area contributed by atoms with Gasteiger partial charge in [-0.2, -0.15) is 0 Å². The number of hydrogen-bond donors (Lipinski definition) is 1. The maximum atomic E-state index is 9.95. The highest BCUT2D eigenvalue weighted by atomic mass is 16.5. The second-order valence-corrected chi connectivity index (χ2v) is 14.7. The number of piperidine rings is 1. The van der Waals surface area contributed by atoms with Gasteiger partial charge in [0.2, 0.25) is 0 Å². The number of benzene rings is 5. The number of aliphatic hydroxyl groups excluding tert-OH is 1. The number of morpholine rings is 1. The summed E-state index contributed by atoms with van der Waals surface area (Å²) in [6.07, 6.45) is 7.74. The monoisotopic (exact) mass is 676 g/mol. The lowest BCUT2D eigenvalue weighted by Crippen LogP contribution is -2.37. The molecule has 5 aromatic rings. The fourth-order valence-corrected chi connectivity index (χ4v) is 8.99. The van der Waals surface area contributed by atoms with E-state index in [1.54, 1.807) is 7.11 Å². The highest BCUT2D eigenvalue weighted by Gasteiger charge is 2.44. The Morgan fingerprint density at radius 1 is 0.824 bits per heavy atom. The first-order valence-corrected chi connectivity index (χ1v) is 18.2. The minimum atomic E-state index is -0.853. The van der Waals surface area contributed by atoms with Gasteiger partial charge in [0.1, 0.15) is 11.5 Å². The van der Waals surface area contributed by atoms with Crippen LogP contribution in [0.15, 0.2) is 109 Å². The number of rotatable bonds is 5. The van der Waals surface area contributed by atoms with Gasteiger partial charge in [0.05, 0.1) is 32.3 Å². The van der Waals surface area contributed by atoms with Crippen LogP contribution in [0.25, 0.3) is 28.0 Å². The molecular formula is C45H44N2O4. The molecule has 6 nitrogen and oxygen atoms in total. The first-order chi connectivity index (χ1) is 24.9. The van der Waals surface area contributed by atoms with Crippen molar-refractivity contribution in [1.29, 1.82) is 0 Å². The van der Waals surface area contributed by atoms with Crippen LogP contribution in [-0.4, -0.2) is 51.6 Å². The molecule has 3 heterocycles. The lowest BCUT2D eigenvalue weighted by molar-refractivity contribution is 0.122. The van der Waals surface area contributed by atoms with Crippen LogP contribution in [0.2, 0.25) is 0 Å². The van der Waals surface area contributed by atoms with Crippen LogP contribution in [0.4, 0.5) is 11.4 Å². The summed E-state index contributed by atoms with van der Waals surface area (Å²) in [5.74, 6) is 1.67. The zero-order valence-corrected chi connectivity index (χ0v) is 29.6. The third-order valence-corrected chi connectivity index (χ3v) is 11.6. The summed E-state index contributed by atoms with van der Waals surface area (Å²) in [7, 11) is 1.75. The zero-order chi connectivity index (χ0) is 34.7. The number of fused-ring (bicyclic) bond motifs is 8. The molecule has 1 unspecified atom stereocenters. The molecule has 9 rings (SSSR count). The largest absolute Gasteiger partial charge is 0.516 e. The van der Waals surface area contributed by atoms with E-state index in [4.69, 9.17) is 14.2 Å². The highest BCUT2D eigenvalue weighted by Crippen LogP contribution is 2.59. The topological polar surface area (TPSA) is 54.4 Å². The number of hydrogen-bond acceptors (Lipinski definition) is 6. The Morgan fingerprint density at radius 3 is 2.33 bits per heavy atom. The fraction of sp³-hybridized carbons (Fsp3) is 0.289. The number of aliphatic hydroxyl groups is 1. The van der Waals surface area contributed by atoms with Gasteiger partial charge >= 0.3 is 0 Å². The van der Waals surface area contributed by atoms with Crippen LogP contribution in [0, 0.1) is 0 Å². The van der Waals surface area contributed by atoms with E-state index in [9.17, 15) is 5.11 Å². The molecule has 3 aliphatic heterocycles. The highest BCUT2D eigenvalue weighted by molar-refractivity contribution is 6.10. The fourth-order valence-electron chi connectivity index (χ4n) is 8.99. The molecule has 1 atom stereocenters. The van der Waals surface area contributed by atoms with Gasteiger partial charge in [0, 0.05) is 59.4 Å². The van der Waals surface area contributed by atoms with E-state index in [0.717, 1.165) is 95.9 Å². The molecule has 1 N–H and O–H groups in total. The summed E-state index contributed by atoms with van der Waals surface area (Å²) < 4.78 is 19.4. The minimum Gasteiger partial charge on any atom is -0.516 e.